The second-order valence-corrected chi connectivity index (χ2v) is 10.3. The lowest BCUT2D eigenvalue weighted by molar-refractivity contribution is 0.286. The maximum absolute atomic E-state index is 13.0. The summed E-state index contributed by atoms with van der Waals surface area (Å²) >= 11 is 6.16. The highest BCUT2D eigenvalue weighted by molar-refractivity contribution is 7.89. The molecule has 0 spiro atoms. The number of aromatic nitrogens is 2. The Morgan fingerprint density at radius 2 is 1.79 bits per heavy atom. The summed E-state index contributed by atoms with van der Waals surface area (Å²) in [6.45, 7) is 2.58. The van der Waals surface area contributed by atoms with Crippen molar-refractivity contribution < 1.29 is 8.42 Å². The van der Waals surface area contributed by atoms with Crippen LogP contribution >= 0.6 is 11.6 Å². The smallest absolute Gasteiger partial charge is 0.243 e. The Hall–Kier alpha value is -1.89. The van der Waals surface area contributed by atoms with Crippen molar-refractivity contribution >= 4 is 32.7 Å². The van der Waals surface area contributed by atoms with Crippen molar-refractivity contribution in [2.45, 2.75) is 56.5 Å². The van der Waals surface area contributed by atoms with Crippen LogP contribution in [0.25, 0.3) is 11.0 Å². The number of imidazole rings is 1. The van der Waals surface area contributed by atoms with Gasteiger partial charge in [-0.1, -0.05) is 43.0 Å². The number of fused-ring (bicyclic) bond motifs is 1. The van der Waals surface area contributed by atoms with Gasteiger partial charge in [0.25, 0.3) is 0 Å². The Morgan fingerprint density at radius 3 is 2.48 bits per heavy atom. The van der Waals surface area contributed by atoms with Crippen LogP contribution < -0.4 is 0 Å². The number of nitrogens with zero attached hydrogens (tertiary/aromatic N) is 3. The molecule has 2 aromatic carbocycles. The first-order chi connectivity index (χ1) is 13.9. The average molecular weight is 432 g/mol. The van der Waals surface area contributed by atoms with E-state index in [-0.39, 0.29) is 6.04 Å². The molecule has 154 valence electrons. The first-order valence-corrected chi connectivity index (χ1v) is 11.9. The summed E-state index contributed by atoms with van der Waals surface area (Å²) in [6, 6.07) is 13.0. The molecule has 0 N–H and O–H groups in total. The molecule has 1 aromatic heterocycles. The van der Waals surface area contributed by atoms with Crippen LogP contribution in [-0.4, -0.2) is 35.4 Å². The first-order valence-electron chi connectivity index (χ1n) is 10.1. The third-order valence-corrected chi connectivity index (χ3v) is 8.09. The van der Waals surface area contributed by atoms with E-state index in [1.165, 1.54) is 6.42 Å². The SMILES string of the molecule is Cc1nc2ccc(Cl)cc2n1Cc1ccc(S(=O)(=O)N(C)C2CCCCC2)cc1. The molecule has 1 saturated carbocycles. The predicted molar refractivity (Wildman–Crippen MR) is 117 cm³/mol. The van der Waals surface area contributed by atoms with Crippen LogP contribution in [0, 0.1) is 6.92 Å². The van der Waals surface area contributed by atoms with Crippen LogP contribution in [0.5, 0.6) is 0 Å². The number of aryl methyl sites for hydroxylation is 1. The molecule has 0 unspecified atom stereocenters. The third kappa shape index (κ3) is 4.06. The van der Waals surface area contributed by atoms with Gasteiger partial charge in [0.05, 0.1) is 15.9 Å². The molecule has 1 heterocycles. The Balaban J connectivity index is 1.57. The monoisotopic (exact) mass is 431 g/mol. The van der Waals surface area contributed by atoms with E-state index in [2.05, 4.69) is 9.55 Å². The number of sulfonamides is 1. The minimum atomic E-state index is -3.47. The quantitative estimate of drug-likeness (QED) is 0.571. The second kappa shape index (κ2) is 8.09. The summed E-state index contributed by atoms with van der Waals surface area (Å²) < 4.78 is 29.7. The molecular formula is C22H26ClN3O2S. The van der Waals surface area contributed by atoms with Crippen LogP contribution in [0.4, 0.5) is 0 Å². The van der Waals surface area contributed by atoms with Crippen LogP contribution in [0.3, 0.4) is 0 Å². The number of benzene rings is 2. The van der Waals surface area contributed by atoms with Gasteiger partial charge in [-0.2, -0.15) is 4.31 Å². The molecule has 1 aliphatic rings. The second-order valence-electron chi connectivity index (χ2n) is 7.84. The van der Waals surface area contributed by atoms with Crippen molar-refractivity contribution in [1.29, 1.82) is 0 Å². The largest absolute Gasteiger partial charge is 0.324 e. The Bertz CT molecular complexity index is 1120. The fourth-order valence-electron chi connectivity index (χ4n) is 4.17. The van der Waals surface area contributed by atoms with Gasteiger partial charge < -0.3 is 4.57 Å². The van der Waals surface area contributed by atoms with Crippen LogP contribution in [0.1, 0.15) is 43.5 Å². The Labute approximate surface area is 177 Å². The maximum Gasteiger partial charge on any atom is 0.243 e. The number of hydrogen-bond acceptors (Lipinski definition) is 3. The normalized spacial score (nSPS) is 16.0. The fraction of sp³-hybridized carbons (Fsp3) is 0.409. The van der Waals surface area contributed by atoms with Crippen molar-refractivity contribution in [1.82, 2.24) is 13.9 Å². The zero-order chi connectivity index (χ0) is 20.6. The van der Waals surface area contributed by atoms with Gasteiger partial charge in [-0.05, 0) is 55.7 Å². The molecule has 0 aliphatic heterocycles. The zero-order valence-electron chi connectivity index (χ0n) is 16.8. The lowest BCUT2D eigenvalue weighted by Gasteiger charge is -2.30. The van der Waals surface area contributed by atoms with Gasteiger partial charge in [0.15, 0.2) is 0 Å². The standard InChI is InChI=1S/C22H26ClN3O2S/c1-16-24-21-13-10-18(23)14-22(21)26(16)15-17-8-11-20(12-9-17)29(27,28)25(2)19-6-4-3-5-7-19/h8-14,19H,3-7,15H2,1-2H3. The van der Waals surface area contributed by atoms with E-state index in [4.69, 9.17) is 11.6 Å². The molecule has 1 aliphatic carbocycles. The number of hydrogen-bond donors (Lipinski definition) is 0. The molecule has 4 rings (SSSR count). The highest BCUT2D eigenvalue weighted by atomic mass is 35.5. The van der Waals surface area contributed by atoms with E-state index < -0.39 is 10.0 Å². The molecule has 1 fully saturated rings. The van der Waals surface area contributed by atoms with E-state index in [9.17, 15) is 8.42 Å². The molecule has 3 aromatic rings. The van der Waals surface area contributed by atoms with E-state index in [1.807, 2.05) is 37.3 Å². The number of rotatable bonds is 5. The molecule has 0 radical (unpaired) electrons. The maximum atomic E-state index is 13.0. The van der Waals surface area contributed by atoms with E-state index >= 15 is 0 Å². The molecule has 0 saturated heterocycles. The average Bonchev–Trinajstić information content (AvgIpc) is 3.03. The summed E-state index contributed by atoms with van der Waals surface area (Å²) in [7, 11) is -1.76. The van der Waals surface area contributed by atoms with Gasteiger partial charge in [0, 0.05) is 24.7 Å². The molecule has 0 bridgehead atoms. The highest BCUT2D eigenvalue weighted by Gasteiger charge is 2.28. The molecular weight excluding hydrogens is 406 g/mol. The molecule has 7 heteroatoms. The van der Waals surface area contributed by atoms with E-state index in [1.54, 1.807) is 23.5 Å². The highest BCUT2D eigenvalue weighted by Crippen LogP contribution is 2.27. The third-order valence-electron chi connectivity index (χ3n) is 5.93. The van der Waals surface area contributed by atoms with Gasteiger partial charge in [-0.25, -0.2) is 13.4 Å². The van der Waals surface area contributed by atoms with Crippen molar-refractivity contribution in [3.8, 4) is 0 Å². The van der Waals surface area contributed by atoms with Gasteiger partial charge in [-0.3, -0.25) is 0 Å². The zero-order valence-corrected chi connectivity index (χ0v) is 18.4. The van der Waals surface area contributed by atoms with Crippen LogP contribution in [0.2, 0.25) is 5.02 Å². The molecule has 5 nitrogen and oxygen atoms in total. The van der Waals surface area contributed by atoms with Crippen molar-refractivity contribution in [3.63, 3.8) is 0 Å². The van der Waals surface area contributed by atoms with Gasteiger partial charge in [-0.15, -0.1) is 0 Å². The summed E-state index contributed by atoms with van der Waals surface area (Å²) in [4.78, 5) is 4.94. The van der Waals surface area contributed by atoms with Gasteiger partial charge in [0.2, 0.25) is 10.0 Å². The molecule has 0 amide bonds. The molecule has 29 heavy (non-hydrogen) atoms. The minimum absolute atomic E-state index is 0.109. The summed E-state index contributed by atoms with van der Waals surface area (Å²) in [6.07, 6.45) is 5.30. The lowest BCUT2D eigenvalue weighted by atomic mass is 9.96. The Morgan fingerprint density at radius 1 is 1.10 bits per heavy atom. The predicted octanol–water partition coefficient (Wildman–Crippen LogP) is 5.00. The van der Waals surface area contributed by atoms with Gasteiger partial charge in [0.1, 0.15) is 5.82 Å². The van der Waals surface area contributed by atoms with Crippen molar-refractivity contribution in [3.05, 3.63) is 58.9 Å². The Kier molecular flexibility index (Phi) is 5.69. The fourth-order valence-corrected chi connectivity index (χ4v) is 5.75. The van der Waals surface area contributed by atoms with Crippen LogP contribution in [0.15, 0.2) is 47.4 Å². The summed E-state index contributed by atoms with van der Waals surface area (Å²) in [5.41, 5.74) is 2.90. The topological polar surface area (TPSA) is 55.2 Å². The van der Waals surface area contributed by atoms with E-state index in [0.717, 1.165) is 48.1 Å². The summed E-state index contributed by atoms with van der Waals surface area (Å²) in [5, 5.41) is 0.672. The van der Waals surface area contributed by atoms with Crippen molar-refractivity contribution in [2.75, 3.05) is 7.05 Å². The molecule has 0 atom stereocenters. The van der Waals surface area contributed by atoms with Crippen molar-refractivity contribution in [2.24, 2.45) is 0 Å². The van der Waals surface area contributed by atoms with Crippen LogP contribution in [-0.2, 0) is 16.6 Å². The van der Waals surface area contributed by atoms with E-state index in [0.29, 0.717) is 16.5 Å². The summed E-state index contributed by atoms with van der Waals surface area (Å²) in [5.74, 6) is 0.899. The first kappa shape index (κ1) is 20.4. The lowest BCUT2D eigenvalue weighted by Crippen LogP contribution is -2.38. The number of halogens is 1. The van der Waals surface area contributed by atoms with Gasteiger partial charge >= 0.3 is 0 Å². The minimum Gasteiger partial charge on any atom is -0.324 e.